The first-order valence-electron chi connectivity index (χ1n) is 7.60. The second kappa shape index (κ2) is 16.0. The minimum Gasteiger partial charge on any atom is -0.133 e. The van der Waals surface area contributed by atoms with Gasteiger partial charge in [0.1, 0.15) is 0 Å². The Kier molecular flexibility index (Phi) is 15.2. The molecule has 0 aromatic heterocycles. The molecule has 0 fully saturated rings. The first-order valence-corrected chi connectivity index (χ1v) is 7.60. The van der Waals surface area contributed by atoms with E-state index in [4.69, 9.17) is 0 Å². The maximum atomic E-state index is 3.57. The van der Waals surface area contributed by atoms with Gasteiger partial charge in [-0.3, -0.25) is 0 Å². The Bertz CT molecular complexity index is 221. The third kappa shape index (κ3) is 15.0. The Labute approximate surface area is 114 Å². The average molecular weight is 246 g/mol. The van der Waals surface area contributed by atoms with Crippen molar-refractivity contribution in [1.82, 2.24) is 0 Å². The molecular weight excluding hydrogens is 216 g/mol. The molecule has 0 aromatic rings. The van der Waals surface area contributed by atoms with E-state index in [-0.39, 0.29) is 0 Å². The molecule has 0 heterocycles. The molecule has 0 nitrogen and oxygen atoms in total. The summed E-state index contributed by atoms with van der Waals surface area (Å²) < 4.78 is 0. The summed E-state index contributed by atoms with van der Waals surface area (Å²) in [5, 5.41) is 0. The third-order valence-electron chi connectivity index (χ3n) is 3.24. The first kappa shape index (κ1) is 17.0. The molecule has 0 aliphatic carbocycles. The Morgan fingerprint density at radius 1 is 0.500 bits per heavy atom. The van der Waals surface area contributed by atoms with Gasteiger partial charge in [-0.2, -0.15) is 0 Å². The zero-order valence-electron chi connectivity index (χ0n) is 12.1. The summed E-state index contributed by atoms with van der Waals surface area (Å²) in [5.41, 5.74) is 5.65. The molecule has 0 bridgehead atoms. The van der Waals surface area contributed by atoms with Crippen LogP contribution in [-0.4, -0.2) is 0 Å². The summed E-state index contributed by atoms with van der Waals surface area (Å²) in [4.78, 5) is 0. The number of rotatable bonds is 13. The highest BCUT2D eigenvalue weighted by Crippen LogP contribution is 2.12. The molecule has 0 aliphatic heterocycles. The van der Waals surface area contributed by atoms with E-state index in [0.717, 1.165) is 12.8 Å². The van der Waals surface area contributed by atoms with Crippen molar-refractivity contribution < 1.29 is 0 Å². The lowest BCUT2D eigenvalue weighted by Gasteiger charge is -2.01. The standard InChI is InChI=1S/C18H30/c1-3-5-7-9-11-13-15-17-18-16-14-12-10-8-6-4-2/h5-6H,1-2,7-18H2. The van der Waals surface area contributed by atoms with Crippen LogP contribution in [0.25, 0.3) is 0 Å². The van der Waals surface area contributed by atoms with Crippen LogP contribution in [0.3, 0.4) is 0 Å². The summed E-state index contributed by atoms with van der Waals surface area (Å²) in [5.74, 6) is 0. The summed E-state index contributed by atoms with van der Waals surface area (Å²) in [7, 11) is 0. The average Bonchev–Trinajstić information content (AvgIpc) is 2.39. The zero-order valence-corrected chi connectivity index (χ0v) is 12.1. The SMILES string of the molecule is C=C=CCCCCCCCCCCCCC=C=C. The van der Waals surface area contributed by atoms with Crippen molar-refractivity contribution in [2.45, 2.75) is 77.0 Å². The molecule has 0 radical (unpaired) electrons. The molecule has 0 N–H and O–H groups in total. The van der Waals surface area contributed by atoms with Crippen molar-refractivity contribution in [1.29, 1.82) is 0 Å². The van der Waals surface area contributed by atoms with Crippen molar-refractivity contribution in [3.8, 4) is 0 Å². The second-order valence-corrected chi connectivity index (χ2v) is 4.93. The summed E-state index contributed by atoms with van der Waals surface area (Å²) >= 11 is 0. The zero-order chi connectivity index (χ0) is 13.3. The van der Waals surface area contributed by atoms with E-state index in [9.17, 15) is 0 Å². The van der Waals surface area contributed by atoms with E-state index in [1.54, 1.807) is 0 Å². The van der Waals surface area contributed by atoms with E-state index < -0.39 is 0 Å². The van der Waals surface area contributed by atoms with Crippen molar-refractivity contribution >= 4 is 0 Å². The molecule has 0 saturated carbocycles. The van der Waals surface area contributed by atoms with Gasteiger partial charge in [0.15, 0.2) is 0 Å². The fourth-order valence-corrected chi connectivity index (χ4v) is 2.11. The first-order chi connectivity index (χ1) is 8.91. The van der Waals surface area contributed by atoms with Gasteiger partial charge in [-0.15, -0.1) is 11.5 Å². The topological polar surface area (TPSA) is 0 Å². The summed E-state index contributed by atoms with van der Waals surface area (Å²) in [6, 6.07) is 0. The van der Waals surface area contributed by atoms with Crippen molar-refractivity contribution in [3.63, 3.8) is 0 Å². The van der Waals surface area contributed by atoms with Crippen LogP contribution in [0.1, 0.15) is 77.0 Å². The van der Waals surface area contributed by atoms with Crippen LogP contribution >= 0.6 is 0 Å². The molecule has 0 aliphatic rings. The lowest BCUT2D eigenvalue weighted by molar-refractivity contribution is 0.553. The van der Waals surface area contributed by atoms with Gasteiger partial charge in [0.2, 0.25) is 0 Å². The van der Waals surface area contributed by atoms with Gasteiger partial charge in [0.05, 0.1) is 0 Å². The fourth-order valence-electron chi connectivity index (χ4n) is 2.11. The maximum absolute atomic E-state index is 3.57. The molecule has 0 heteroatoms. The molecule has 0 rings (SSSR count). The predicted molar refractivity (Wildman–Crippen MR) is 82.8 cm³/mol. The molecule has 0 spiro atoms. The van der Waals surface area contributed by atoms with Crippen LogP contribution in [0.5, 0.6) is 0 Å². The van der Waals surface area contributed by atoms with Gasteiger partial charge in [-0.05, 0) is 37.8 Å². The van der Waals surface area contributed by atoms with Gasteiger partial charge < -0.3 is 0 Å². The Morgan fingerprint density at radius 2 is 0.778 bits per heavy atom. The van der Waals surface area contributed by atoms with E-state index in [1.165, 1.54) is 64.2 Å². The predicted octanol–water partition coefficient (Wildman–Crippen LogP) is 6.35. The van der Waals surface area contributed by atoms with Crippen LogP contribution in [0.2, 0.25) is 0 Å². The number of hydrogen-bond donors (Lipinski definition) is 0. The van der Waals surface area contributed by atoms with Gasteiger partial charge in [-0.1, -0.05) is 64.5 Å². The molecule has 0 aromatic carbocycles. The van der Waals surface area contributed by atoms with E-state index in [1.807, 2.05) is 12.2 Å². The minimum atomic E-state index is 1.16. The Hall–Kier alpha value is -0.960. The van der Waals surface area contributed by atoms with E-state index >= 15 is 0 Å². The lowest BCUT2D eigenvalue weighted by Crippen LogP contribution is -1.82. The smallest absolute Gasteiger partial charge is 0.0275 e. The van der Waals surface area contributed by atoms with Crippen LogP contribution in [0.4, 0.5) is 0 Å². The minimum absolute atomic E-state index is 1.16. The maximum Gasteiger partial charge on any atom is -0.0275 e. The van der Waals surface area contributed by atoms with Crippen LogP contribution in [-0.2, 0) is 0 Å². The molecule has 0 atom stereocenters. The van der Waals surface area contributed by atoms with Crippen LogP contribution < -0.4 is 0 Å². The number of allylic oxidation sites excluding steroid dienone is 2. The molecule has 0 unspecified atom stereocenters. The van der Waals surface area contributed by atoms with Crippen molar-refractivity contribution in [3.05, 3.63) is 36.8 Å². The van der Waals surface area contributed by atoms with Gasteiger partial charge >= 0.3 is 0 Å². The lowest BCUT2D eigenvalue weighted by atomic mass is 10.1. The molecule has 0 saturated heterocycles. The fraction of sp³-hybridized carbons (Fsp3) is 0.667. The Morgan fingerprint density at radius 3 is 1.06 bits per heavy atom. The van der Waals surface area contributed by atoms with Crippen LogP contribution in [0, 0.1) is 0 Å². The Balaban J connectivity index is 2.98. The monoisotopic (exact) mass is 246 g/mol. The largest absolute Gasteiger partial charge is 0.133 e. The van der Waals surface area contributed by atoms with E-state index in [0.29, 0.717) is 0 Å². The highest BCUT2D eigenvalue weighted by atomic mass is 14.0. The van der Waals surface area contributed by atoms with Crippen molar-refractivity contribution in [2.75, 3.05) is 0 Å². The number of hydrogen-bond acceptors (Lipinski definition) is 0. The van der Waals surface area contributed by atoms with Gasteiger partial charge in [0.25, 0.3) is 0 Å². The summed E-state index contributed by atoms with van der Waals surface area (Å²) in [6.07, 6.45) is 20.2. The van der Waals surface area contributed by atoms with Crippen molar-refractivity contribution in [2.24, 2.45) is 0 Å². The third-order valence-corrected chi connectivity index (χ3v) is 3.24. The molecule has 18 heavy (non-hydrogen) atoms. The molecular formula is C18H30. The normalized spacial score (nSPS) is 9.56. The molecule has 102 valence electrons. The summed E-state index contributed by atoms with van der Waals surface area (Å²) in [6.45, 7) is 7.14. The highest BCUT2D eigenvalue weighted by molar-refractivity contribution is 4.75. The van der Waals surface area contributed by atoms with Gasteiger partial charge in [0, 0.05) is 0 Å². The molecule has 0 amide bonds. The highest BCUT2D eigenvalue weighted by Gasteiger charge is 1.92. The van der Waals surface area contributed by atoms with E-state index in [2.05, 4.69) is 24.6 Å². The van der Waals surface area contributed by atoms with Gasteiger partial charge in [-0.25, -0.2) is 0 Å². The quantitative estimate of drug-likeness (QED) is 0.262. The second-order valence-electron chi connectivity index (χ2n) is 4.93. The number of unbranched alkanes of at least 4 members (excludes halogenated alkanes) is 11. The van der Waals surface area contributed by atoms with Crippen LogP contribution in [0.15, 0.2) is 36.8 Å².